The molecule has 0 aliphatic rings. The van der Waals surface area contributed by atoms with Crippen LogP contribution in [-0.4, -0.2) is 13.1 Å². The van der Waals surface area contributed by atoms with Crippen LogP contribution in [0.1, 0.15) is 54.8 Å². The Morgan fingerprint density at radius 2 is 1.40 bits per heavy atom. The summed E-state index contributed by atoms with van der Waals surface area (Å²) in [4.78, 5) is 5.12. The zero-order valence-electron chi connectivity index (χ0n) is 17.8. The van der Waals surface area contributed by atoms with Crippen LogP contribution in [-0.2, 0) is 0 Å². The lowest BCUT2D eigenvalue weighted by atomic mass is 10.1. The molecule has 4 rings (SSSR count). The van der Waals surface area contributed by atoms with Crippen LogP contribution >= 0.6 is 34.0 Å². The van der Waals surface area contributed by atoms with Gasteiger partial charge in [0.15, 0.2) is 0 Å². The summed E-state index contributed by atoms with van der Waals surface area (Å²) in [5.41, 5.74) is 2.61. The summed E-state index contributed by atoms with van der Waals surface area (Å²) in [6, 6.07) is 13.6. The molecule has 3 aromatic heterocycles. The van der Waals surface area contributed by atoms with E-state index in [1.807, 2.05) is 40.1 Å². The minimum atomic E-state index is 1.16. The van der Waals surface area contributed by atoms with Crippen molar-refractivity contribution >= 4 is 76.7 Å². The number of thiophene rings is 3. The van der Waals surface area contributed by atoms with E-state index in [-0.39, 0.29) is 0 Å². The number of fused-ring (bicyclic) bond motifs is 3. The molecule has 4 heteroatoms. The van der Waals surface area contributed by atoms with E-state index in [0.717, 1.165) is 13.1 Å². The van der Waals surface area contributed by atoms with Crippen molar-refractivity contribution in [3.8, 4) is 0 Å². The molecule has 0 aliphatic heterocycles. The Morgan fingerprint density at radius 1 is 0.800 bits per heavy atom. The fraction of sp³-hybridized carbons (Fsp3) is 0.308. The van der Waals surface area contributed by atoms with Crippen molar-refractivity contribution in [1.29, 1.82) is 0 Å². The lowest BCUT2D eigenvalue weighted by molar-refractivity contribution is 0.678. The molecule has 0 aliphatic carbocycles. The molecule has 0 unspecified atom stereocenters. The fourth-order valence-corrected chi connectivity index (χ4v) is 7.39. The van der Waals surface area contributed by atoms with Gasteiger partial charge in [0.2, 0.25) is 0 Å². The molecule has 156 valence electrons. The Morgan fingerprint density at radius 3 is 2.00 bits per heavy atom. The molecule has 30 heavy (non-hydrogen) atoms. The summed E-state index contributed by atoms with van der Waals surface area (Å²) in [6.07, 6.45) is 11.4. The standard InChI is InChI=1S/C26H29NS3/c1-4-7-15-27(16-8-5-2)20-12-9-19(10-13-20)11-14-22-18-24-26(29-22)25-23(30-24)17-21(6-3)28-25/h6,9-14,17-18H,3-5,7-8,15-16H2,1-2H3/b14-11+. The molecule has 0 amide bonds. The first-order valence-corrected chi connectivity index (χ1v) is 13.3. The maximum Gasteiger partial charge on any atom is 0.0635 e. The molecular weight excluding hydrogens is 422 g/mol. The lowest BCUT2D eigenvalue weighted by Gasteiger charge is -2.24. The van der Waals surface area contributed by atoms with Crippen LogP contribution < -0.4 is 4.90 Å². The molecule has 0 saturated heterocycles. The van der Waals surface area contributed by atoms with Crippen LogP contribution in [0.25, 0.3) is 37.0 Å². The van der Waals surface area contributed by atoms with Crippen LogP contribution in [0.5, 0.6) is 0 Å². The van der Waals surface area contributed by atoms with Crippen LogP contribution in [0.3, 0.4) is 0 Å². The molecule has 3 heterocycles. The Labute approximate surface area is 192 Å². The third kappa shape index (κ3) is 4.72. The van der Waals surface area contributed by atoms with Crippen molar-refractivity contribution in [1.82, 2.24) is 0 Å². The van der Waals surface area contributed by atoms with Gasteiger partial charge in [-0.1, -0.05) is 57.6 Å². The minimum Gasteiger partial charge on any atom is -0.372 e. The van der Waals surface area contributed by atoms with Gasteiger partial charge in [0.25, 0.3) is 0 Å². The number of anilines is 1. The predicted molar refractivity (Wildman–Crippen MR) is 143 cm³/mol. The largest absolute Gasteiger partial charge is 0.372 e. The first kappa shape index (κ1) is 21.4. The number of nitrogens with zero attached hydrogens (tertiary/aromatic N) is 1. The molecule has 0 radical (unpaired) electrons. The SMILES string of the molecule is C=Cc1cc2sc3cc(/C=C/c4ccc(N(CCCC)CCCC)cc4)sc3c2s1. The topological polar surface area (TPSA) is 3.24 Å². The third-order valence-corrected chi connectivity index (χ3v) is 9.06. The predicted octanol–water partition coefficient (Wildman–Crippen LogP) is 9.40. The van der Waals surface area contributed by atoms with Gasteiger partial charge in [-0.05, 0) is 48.7 Å². The van der Waals surface area contributed by atoms with E-state index in [1.165, 1.54) is 65.5 Å². The van der Waals surface area contributed by atoms with Crippen molar-refractivity contribution in [3.05, 3.63) is 58.3 Å². The number of benzene rings is 1. The van der Waals surface area contributed by atoms with Gasteiger partial charge in [-0.2, -0.15) is 0 Å². The quantitative estimate of drug-likeness (QED) is 0.232. The molecule has 0 atom stereocenters. The van der Waals surface area contributed by atoms with Crippen molar-refractivity contribution in [2.45, 2.75) is 39.5 Å². The van der Waals surface area contributed by atoms with Gasteiger partial charge >= 0.3 is 0 Å². The molecule has 0 N–H and O–H groups in total. The second kappa shape index (κ2) is 9.95. The van der Waals surface area contributed by atoms with Gasteiger partial charge < -0.3 is 4.90 Å². The highest BCUT2D eigenvalue weighted by atomic mass is 32.1. The van der Waals surface area contributed by atoms with Crippen LogP contribution in [0.4, 0.5) is 5.69 Å². The van der Waals surface area contributed by atoms with Crippen molar-refractivity contribution in [3.63, 3.8) is 0 Å². The van der Waals surface area contributed by atoms with Crippen LogP contribution in [0, 0.1) is 0 Å². The highest BCUT2D eigenvalue weighted by molar-refractivity contribution is 7.38. The summed E-state index contributed by atoms with van der Waals surface area (Å²) < 4.78 is 5.62. The van der Waals surface area contributed by atoms with Crippen LogP contribution in [0.2, 0.25) is 0 Å². The Bertz CT molecular complexity index is 1130. The van der Waals surface area contributed by atoms with Gasteiger partial charge in [-0.3, -0.25) is 0 Å². The molecule has 1 nitrogen and oxygen atoms in total. The van der Waals surface area contributed by atoms with Crippen molar-refractivity contribution in [2.75, 3.05) is 18.0 Å². The first-order valence-electron chi connectivity index (χ1n) is 10.8. The number of hydrogen-bond donors (Lipinski definition) is 0. The van der Waals surface area contributed by atoms with E-state index >= 15 is 0 Å². The second-order valence-corrected chi connectivity index (χ2v) is 10.9. The van der Waals surface area contributed by atoms with Gasteiger partial charge in [0, 0.05) is 37.9 Å². The van der Waals surface area contributed by atoms with Gasteiger partial charge in [-0.15, -0.1) is 34.0 Å². The maximum absolute atomic E-state index is 3.90. The lowest BCUT2D eigenvalue weighted by Crippen LogP contribution is -2.25. The van der Waals surface area contributed by atoms with Gasteiger partial charge in [-0.25, -0.2) is 0 Å². The number of unbranched alkanes of at least 4 members (excludes halogenated alkanes) is 2. The van der Waals surface area contributed by atoms with E-state index in [2.05, 4.69) is 73.9 Å². The normalized spacial score (nSPS) is 11.8. The summed E-state index contributed by atoms with van der Waals surface area (Å²) in [5, 5.41) is 0. The molecular formula is C26H29NS3. The van der Waals surface area contributed by atoms with Gasteiger partial charge in [0.05, 0.1) is 9.40 Å². The fourth-order valence-electron chi connectivity index (χ4n) is 3.60. The molecule has 0 spiro atoms. The van der Waals surface area contributed by atoms with E-state index in [1.54, 1.807) is 0 Å². The average molecular weight is 452 g/mol. The molecule has 0 bridgehead atoms. The van der Waals surface area contributed by atoms with Crippen molar-refractivity contribution < 1.29 is 0 Å². The third-order valence-electron chi connectivity index (χ3n) is 5.32. The first-order chi connectivity index (χ1) is 14.7. The van der Waals surface area contributed by atoms with E-state index in [9.17, 15) is 0 Å². The van der Waals surface area contributed by atoms with E-state index in [0.29, 0.717) is 0 Å². The van der Waals surface area contributed by atoms with Gasteiger partial charge in [0.1, 0.15) is 0 Å². The average Bonchev–Trinajstić information content (AvgIpc) is 3.43. The number of hydrogen-bond acceptors (Lipinski definition) is 4. The van der Waals surface area contributed by atoms with Crippen molar-refractivity contribution in [2.24, 2.45) is 0 Å². The smallest absolute Gasteiger partial charge is 0.0635 e. The maximum atomic E-state index is 3.90. The molecule has 1 aromatic carbocycles. The van der Waals surface area contributed by atoms with E-state index < -0.39 is 0 Å². The summed E-state index contributed by atoms with van der Waals surface area (Å²) in [5.74, 6) is 0. The van der Waals surface area contributed by atoms with E-state index in [4.69, 9.17) is 0 Å². The zero-order chi connectivity index (χ0) is 20.9. The molecule has 0 saturated carbocycles. The summed E-state index contributed by atoms with van der Waals surface area (Å²) in [7, 11) is 0. The number of rotatable bonds is 10. The highest BCUT2D eigenvalue weighted by Gasteiger charge is 2.11. The second-order valence-electron chi connectivity index (χ2n) is 7.61. The Hall–Kier alpha value is -1.88. The Balaban J connectivity index is 1.49. The minimum absolute atomic E-state index is 1.16. The van der Waals surface area contributed by atoms with Crippen LogP contribution in [0.15, 0.2) is 43.0 Å². The Kier molecular flexibility index (Phi) is 7.08. The summed E-state index contributed by atoms with van der Waals surface area (Å²) in [6.45, 7) is 10.7. The monoisotopic (exact) mass is 451 g/mol. The molecule has 0 fully saturated rings. The zero-order valence-corrected chi connectivity index (χ0v) is 20.3. The molecule has 4 aromatic rings. The summed E-state index contributed by atoms with van der Waals surface area (Å²) >= 11 is 5.64. The highest BCUT2D eigenvalue weighted by Crippen LogP contribution is 2.44.